The monoisotopic (exact) mass is 383 g/mol. The first-order valence-corrected chi connectivity index (χ1v) is 10.3. The number of β-amino-alcohol motifs (C(OH)–C–C–N with tert-alkyl or cyclic N) is 1. The van der Waals surface area contributed by atoms with Crippen molar-refractivity contribution in [3.8, 4) is 0 Å². The fraction of sp³-hybridized carbons (Fsp3) is 0.571. The van der Waals surface area contributed by atoms with Crippen molar-refractivity contribution >= 4 is 5.91 Å². The standard InChI is InChI=1S/C21H29N5O2/c1-2-3-9-20(28)24-10-11-26-19(15-24)22-23-21(26)18-12-17(27)14-25(18)13-16-7-5-4-6-8-16/h4-8,17-18,27H,2-3,9-15H2,1H3/t17-,18+/m1/s1. The van der Waals surface area contributed by atoms with Crippen LogP contribution in [0.25, 0.3) is 0 Å². The molecule has 0 radical (unpaired) electrons. The number of rotatable bonds is 6. The summed E-state index contributed by atoms with van der Waals surface area (Å²) < 4.78 is 2.16. The first-order valence-electron chi connectivity index (χ1n) is 10.3. The molecule has 1 amide bonds. The van der Waals surface area contributed by atoms with E-state index in [-0.39, 0.29) is 18.1 Å². The molecule has 0 unspecified atom stereocenters. The summed E-state index contributed by atoms with van der Waals surface area (Å²) in [6.07, 6.45) is 2.89. The van der Waals surface area contributed by atoms with Gasteiger partial charge in [0.05, 0.1) is 18.7 Å². The summed E-state index contributed by atoms with van der Waals surface area (Å²) in [5.41, 5.74) is 1.23. The minimum absolute atomic E-state index is 0.0544. The van der Waals surface area contributed by atoms with Gasteiger partial charge >= 0.3 is 0 Å². The number of fused-ring (bicyclic) bond motifs is 1. The van der Waals surface area contributed by atoms with Crippen molar-refractivity contribution in [2.75, 3.05) is 13.1 Å². The zero-order chi connectivity index (χ0) is 19.5. The molecule has 2 aromatic rings. The predicted molar refractivity (Wildman–Crippen MR) is 105 cm³/mol. The van der Waals surface area contributed by atoms with Crippen LogP contribution in [0.4, 0.5) is 0 Å². The van der Waals surface area contributed by atoms with E-state index in [9.17, 15) is 9.90 Å². The zero-order valence-electron chi connectivity index (χ0n) is 16.5. The first-order chi connectivity index (χ1) is 13.7. The SMILES string of the molecule is CCCCC(=O)N1CCn2c(nnc2[C@@H]2C[C@@H](O)CN2Cc2ccccc2)C1. The van der Waals surface area contributed by atoms with Gasteiger partial charge in [-0.2, -0.15) is 0 Å². The lowest BCUT2D eigenvalue weighted by molar-refractivity contribution is -0.132. The van der Waals surface area contributed by atoms with Crippen LogP contribution < -0.4 is 0 Å². The molecule has 2 aliphatic rings. The van der Waals surface area contributed by atoms with Gasteiger partial charge in [-0.25, -0.2) is 0 Å². The number of unbranched alkanes of at least 4 members (excludes halogenated alkanes) is 1. The Kier molecular flexibility index (Phi) is 5.73. The quantitative estimate of drug-likeness (QED) is 0.827. The molecule has 1 aromatic heterocycles. The number of hydrogen-bond acceptors (Lipinski definition) is 5. The maximum Gasteiger partial charge on any atom is 0.223 e. The minimum Gasteiger partial charge on any atom is -0.392 e. The van der Waals surface area contributed by atoms with E-state index in [2.05, 4.69) is 38.7 Å². The lowest BCUT2D eigenvalue weighted by atomic mass is 10.1. The lowest BCUT2D eigenvalue weighted by Gasteiger charge is -2.30. The molecule has 0 aliphatic carbocycles. The highest BCUT2D eigenvalue weighted by Gasteiger charge is 2.37. The largest absolute Gasteiger partial charge is 0.392 e. The fourth-order valence-corrected chi connectivity index (χ4v) is 4.27. The second kappa shape index (κ2) is 8.41. The van der Waals surface area contributed by atoms with Gasteiger partial charge in [-0.3, -0.25) is 9.69 Å². The highest BCUT2D eigenvalue weighted by Crippen LogP contribution is 2.33. The number of likely N-dealkylation sites (tertiary alicyclic amines) is 1. The van der Waals surface area contributed by atoms with Crippen LogP contribution in [0.2, 0.25) is 0 Å². The van der Waals surface area contributed by atoms with Crippen molar-refractivity contribution in [1.82, 2.24) is 24.6 Å². The number of benzene rings is 1. The molecule has 1 aromatic carbocycles. The Labute approximate surface area is 166 Å². The number of hydrogen-bond donors (Lipinski definition) is 1. The molecule has 4 rings (SSSR count). The van der Waals surface area contributed by atoms with Crippen LogP contribution in [-0.4, -0.2) is 54.8 Å². The molecule has 28 heavy (non-hydrogen) atoms. The summed E-state index contributed by atoms with van der Waals surface area (Å²) in [7, 11) is 0. The Morgan fingerprint density at radius 3 is 2.82 bits per heavy atom. The van der Waals surface area contributed by atoms with Gasteiger partial charge in [-0.1, -0.05) is 43.7 Å². The van der Waals surface area contributed by atoms with Gasteiger partial charge in [0.15, 0.2) is 11.6 Å². The van der Waals surface area contributed by atoms with Crippen molar-refractivity contribution in [3.63, 3.8) is 0 Å². The highest BCUT2D eigenvalue weighted by atomic mass is 16.3. The van der Waals surface area contributed by atoms with Gasteiger partial charge in [0, 0.05) is 32.6 Å². The third-order valence-electron chi connectivity index (χ3n) is 5.79. The number of carbonyl (C=O) groups is 1. The van der Waals surface area contributed by atoms with E-state index >= 15 is 0 Å². The van der Waals surface area contributed by atoms with Gasteiger partial charge < -0.3 is 14.6 Å². The predicted octanol–water partition coefficient (Wildman–Crippen LogP) is 2.12. The molecule has 1 saturated heterocycles. The van der Waals surface area contributed by atoms with E-state index in [1.807, 2.05) is 23.1 Å². The normalized spacial score (nSPS) is 22.4. The average molecular weight is 383 g/mol. The highest BCUT2D eigenvalue weighted by molar-refractivity contribution is 5.76. The van der Waals surface area contributed by atoms with Crippen LogP contribution in [0.5, 0.6) is 0 Å². The molecule has 0 spiro atoms. The Morgan fingerprint density at radius 1 is 1.21 bits per heavy atom. The minimum atomic E-state index is -0.350. The molecule has 1 fully saturated rings. The molecule has 0 bridgehead atoms. The van der Waals surface area contributed by atoms with E-state index in [0.29, 0.717) is 32.5 Å². The van der Waals surface area contributed by atoms with Crippen LogP contribution >= 0.6 is 0 Å². The summed E-state index contributed by atoms with van der Waals surface area (Å²) in [5.74, 6) is 1.98. The number of aromatic nitrogens is 3. The smallest absolute Gasteiger partial charge is 0.223 e. The van der Waals surface area contributed by atoms with Crippen molar-refractivity contribution in [3.05, 3.63) is 47.5 Å². The van der Waals surface area contributed by atoms with Gasteiger partial charge in [0.2, 0.25) is 5.91 Å². The van der Waals surface area contributed by atoms with Gasteiger partial charge in [-0.05, 0) is 18.4 Å². The number of nitrogens with zero attached hydrogens (tertiary/aromatic N) is 5. The van der Waals surface area contributed by atoms with Crippen LogP contribution in [-0.2, 0) is 24.4 Å². The Balaban J connectivity index is 1.49. The Bertz CT molecular complexity index is 806. The molecule has 2 aliphatic heterocycles. The van der Waals surface area contributed by atoms with E-state index in [1.165, 1.54) is 5.56 Å². The number of aliphatic hydroxyl groups excluding tert-OH is 1. The summed E-state index contributed by atoms with van der Waals surface area (Å²) in [5, 5.41) is 19.2. The van der Waals surface area contributed by atoms with E-state index in [1.54, 1.807) is 0 Å². The van der Waals surface area contributed by atoms with Gasteiger partial charge in [0.1, 0.15) is 0 Å². The molecule has 7 heteroatoms. The summed E-state index contributed by atoms with van der Waals surface area (Å²) in [6.45, 7) is 5.48. The molecular weight excluding hydrogens is 354 g/mol. The van der Waals surface area contributed by atoms with Gasteiger partial charge in [0.25, 0.3) is 0 Å². The summed E-state index contributed by atoms with van der Waals surface area (Å²) >= 11 is 0. The second-order valence-corrected chi connectivity index (χ2v) is 7.87. The Hall–Kier alpha value is -2.25. The van der Waals surface area contributed by atoms with Crippen LogP contribution in [0, 0.1) is 0 Å². The maximum atomic E-state index is 12.4. The molecular formula is C21H29N5O2. The van der Waals surface area contributed by atoms with E-state index in [4.69, 9.17) is 0 Å². The topological polar surface area (TPSA) is 74.5 Å². The average Bonchev–Trinajstić information content (AvgIpc) is 3.29. The third kappa shape index (κ3) is 3.95. The van der Waals surface area contributed by atoms with Crippen LogP contribution in [0.1, 0.15) is 55.9 Å². The van der Waals surface area contributed by atoms with E-state index in [0.717, 1.165) is 37.6 Å². The number of amides is 1. The van der Waals surface area contributed by atoms with Gasteiger partial charge in [-0.15, -0.1) is 10.2 Å². The molecule has 1 N–H and O–H groups in total. The fourth-order valence-electron chi connectivity index (χ4n) is 4.27. The van der Waals surface area contributed by atoms with Crippen molar-refractivity contribution < 1.29 is 9.90 Å². The third-order valence-corrected chi connectivity index (χ3v) is 5.79. The lowest BCUT2D eigenvalue weighted by Crippen LogP contribution is -2.39. The van der Waals surface area contributed by atoms with Crippen LogP contribution in [0.15, 0.2) is 30.3 Å². The van der Waals surface area contributed by atoms with E-state index < -0.39 is 0 Å². The number of aliphatic hydroxyl groups is 1. The molecule has 7 nitrogen and oxygen atoms in total. The first kappa shape index (κ1) is 19.1. The summed E-state index contributed by atoms with van der Waals surface area (Å²) in [4.78, 5) is 16.5. The van der Waals surface area contributed by atoms with Crippen molar-refractivity contribution in [2.24, 2.45) is 0 Å². The number of carbonyl (C=O) groups excluding carboxylic acids is 1. The molecule has 150 valence electrons. The molecule has 2 atom stereocenters. The Morgan fingerprint density at radius 2 is 2.04 bits per heavy atom. The maximum absolute atomic E-state index is 12.4. The molecule has 3 heterocycles. The van der Waals surface area contributed by atoms with Crippen molar-refractivity contribution in [2.45, 2.75) is 64.4 Å². The summed E-state index contributed by atoms with van der Waals surface area (Å²) in [6, 6.07) is 10.4. The zero-order valence-corrected chi connectivity index (χ0v) is 16.5. The second-order valence-electron chi connectivity index (χ2n) is 7.87. The van der Waals surface area contributed by atoms with Crippen molar-refractivity contribution in [1.29, 1.82) is 0 Å². The molecule has 0 saturated carbocycles. The van der Waals surface area contributed by atoms with Crippen LogP contribution in [0.3, 0.4) is 0 Å².